The quantitative estimate of drug-likeness (QED) is 0.859. The van der Waals surface area contributed by atoms with E-state index in [0.29, 0.717) is 11.3 Å². The van der Waals surface area contributed by atoms with Crippen molar-refractivity contribution in [3.63, 3.8) is 0 Å². The Morgan fingerprint density at radius 1 is 1.22 bits per heavy atom. The Kier molecular flexibility index (Phi) is 3.68. The molecule has 1 atom stereocenters. The van der Waals surface area contributed by atoms with E-state index in [1.165, 1.54) is 0 Å². The molecule has 2 aromatic rings. The molecule has 0 saturated carbocycles. The monoisotopic (exact) mass is 271 g/mol. The largest absolute Gasteiger partial charge is 0.464 e. The zero-order chi connectivity index (χ0) is 13.3. The summed E-state index contributed by atoms with van der Waals surface area (Å²) in [6.45, 7) is 1.81. The van der Waals surface area contributed by atoms with Crippen LogP contribution in [0.3, 0.4) is 0 Å². The molecule has 1 unspecified atom stereocenters. The lowest BCUT2D eigenvalue weighted by molar-refractivity contribution is 0.441. The van der Waals surface area contributed by atoms with Crippen molar-refractivity contribution in [2.45, 2.75) is 13.0 Å². The molecular formula is C13H12ClF2NO. The second kappa shape index (κ2) is 5.08. The molecule has 1 N–H and O–H groups in total. The first kappa shape index (κ1) is 13.1. The summed E-state index contributed by atoms with van der Waals surface area (Å²) >= 11 is 5.94. The van der Waals surface area contributed by atoms with Crippen LogP contribution < -0.4 is 5.32 Å². The van der Waals surface area contributed by atoms with E-state index in [1.54, 1.807) is 19.2 Å². The van der Waals surface area contributed by atoms with Crippen LogP contribution in [0, 0.1) is 18.6 Å². The Bertz CT molecular complexity index is 568. The van der Waals surface area contributed by atoms with Gasteiger partial charge in [0.2, 0.25) is 0 Å². The average Bonchev–Trinajstić information content (AvgIpc) is 2.73. The molecule has 96 valence electrons. The highest BCUT2D eigenvalue weighted by Crippen LogP contribution is 2.30. The normalized spacial score (nSPS) is 12.7. The molecule has 0 aliphatic heterocycles. The van der Waals surface area contributed by atoms with Gasteiger partial charge >= 0.3 is 0 Å². The fourth-order valence-corrected chi connectivity index (χ4v) is 2.08. The predicted octanol–water partition coefficient (Wildman–Crippen LogP) is 3.83. The van der Waals surface area contributed by atoms with Gasteiger partial charge in [-0.05, 0) is 43.8 Å². The van der Waals surface area contributed by atoms with E-state index in [9.17, 15) is 8.78 Å². The molecular weight excluding hydrogens is 260 g/mol. The fraction of sp³-hybridized carbons (Fsp3) is 0.231. The standard InChI is InChI=1S/C13H12ClF2NO/c1-7-3-4-12(18-7)13(17-2)8-5-10(15)11(16)6-9(8)14/h3-6,13,17H,1-2H3. The topological polar surface area (TPSA) is 25.2 Å². The Hall–Kier alpha value is -1.39. The van der Waals surface area contributed by atoms with Crippen LogP contribution >= 0.6 is 11.6 Å². The van der Waals surface area contributed by atoms with E-state index in [1.807, 2.05) is 6.92 Å². The van der Waals surface area contributed by atoms with Crippen molar-refractivity contribution in [2.75, 3.05) is 7.05 Å². The summed E-state index contributed by atoms with van der Waals surface area (Å²) in [7, 11) is 1.69. The molecule has 1 heterocycles. The zero-order valence-electron chi connectivity index (χ0n) is 9.93. The first-order chi connectivity index (χ1) is 8.52. The summed E-state index contributed by atoms with van der Waals surface area (Å²) in [6.07, 6.45) is 0. The van der Waals surface area contributed by atoms with Gasteiger partial charge in [0.1, 0.15) is 11.5 Å². The number of nitrogens with one attached hydrogen (secondary N) is 1. The maximum atomic E-state index is 13.3. The van der Waals surface area contributed by atoms with E-state index in [4.69, 9.17) is 16.0 Å². The minimum Gasteiger partial charge on any atom is -0.464 e. The van der Waals surface area contributed by atoms with Crippen LogP contribution in [0.5, 0.6) is 0 Å². The van der Waals surface area contributed by atoms with Crippen molar-refractivity contribution < 1.29 is 13.2 Å². The minimum absolute atomic E-state index is 0.155. The zero-order valence-corrected chi connectivity index (χ0v) is 10.7. The molecule has 2 nitrogen and oxygen atoms in total. The molecule has 0 radical (unpaired) electrons. The van der Waals surface area contributed by atoms with E-state index >= 15 is 0 Å². The lowest BCUT2D eigenvalue weighted by atomic mass is 10.0. The smallest absolute Gasteiger partial charge is 0.160 e. The first-order valence-corrected chi connectivity index (χ1v) is 5.78. The number of rotatable bonds is 3. The van der Waals surface area contributed by atoms with E-state index in [-0.39, 0.29) is 5.02 Å². The number of aryl methyl sites for hydroxylation is 1. The van der Waals surface area contributed by atoms with Crippen LogP contribution in [0.25, 0.3) is 0 Å². The van der Waals surface area contributed by atoms with Crippen LogP contribution in [0.2, 0.25) is 5.02 Å². The molecule has 0 fully saturated rings. The SMILES string of the molecule is CNC(c1ccc(C)o1)c1cc(F)c(F)cc1Cl. The number of hydrogen-bond acceptors (Lipinski definition) is 2. The Morgan fingerprint density at radius 2 is 1.89 bits per heavy atom. The van der Waals surface area contributed by atoms with Gasteiger partial charge < -0.3 is 9.73 Å². The molecule has 0 aliphatic carbocycles. The molecule has 0 saturated heterocycles. The molecule has 0 bridgehead atoms. The van der Waals surface area contributed by atoms with Crippen LogP contribution in [0.15, 0.2) is 28.7 Å². The third kappa shape index (κ3) is 2.40. The van der Waals surface area contributed by atoms with Gasteiger partial charge in [-0.1, -0.05) is 11.6 Å². The molecule has 1 aromatic carbocycles. The van der Waals surface area contributed by atoms with E-state index in [0.717, 1.165) is 17.9 Å². The molecule has 2 rings (SSSR count). The maximum Gasteiger partial charge on any atom is 0.160 e. The molecule has 0 spiro atoms. The summed E-state index contributed by atoms with van der Waals surface area (Å²) in [4.78, 5) is 0. The maximum absolute atomic E-state index is 13.3. The summed E-state index contributed by atoms with van der Waals surface area (Å²) in [5.41, 5.74) is 0.437. The summed E-state index contributed by atoms with van der Waals surface area (Å²) in [5, 5.41) is 3.12. The van der Waals surface area contributed by atoms with Crippen LogP contribution in [-0.4, -0.2) is 7.05 Å². The molecule has 0 amide bonds. The highest BCUT2D eigenvalue weighted by atomic mass is 35.5. The van der Waals surface area contributed by atoms with Gasteiger partial charge in [-0.2, -0.15) is 0 Å². The van der Waals surface area contributed by atoms with Gasteiger partial charge in [0, 0.05) is 5.02 Å². The Morgan fingerprint density at radius 3 is 2.44 bits per heavy atom. The summed E-state index contributed by atoms with van der Waals surface area (Å²) in [5.74, 6) is -0.556. The second-order valence-electron chi connectivity index (χ2n) is 3.96. The highest BCUT2D eigenvalue weighted by Gasteiger charge is 2.20. The van der Waals surface area contributed by atoms with Gasteiger partial charge in [0.05, 0.1) is 6.04 Å². The highest BCUT2D eigenvalue weighted by molar-refractivity contribution is 6.31. The van der Waals surface area contributed by atoms with E-state index < -0.39 is 17.7 Å². The summed E-state index contributed by atoms with van der Waals surface area (Å²) < 4.78 is 31.8. The lowest BCUT2D eigenvalue weighted by Crippen LogP contribution is -2.18. The third-order valence-electron chi connectivity index (χ3n) is 2.68. The number of furan rings is 1. The van der Waals surface area contributed by atoms with Crippen LogP contribution in [-0.2, 0) is 0 Å². The van der Waals surface area contributed by atoms with Crippen molar-refractivity contribution in [1.29, 1.82) is 0 Å². The average molecular weight is 272 g/mol. The molecule has 0 aliphatic rings. The van der Waals surface area contributed by atoms with Crippen LogP contribution in [0.1, 0.15) is 23.1 Å². The minimum atomic E-state index is -0.964. The van der Waals surface area contributed by atoms with Crippen molar-refractivity contribution in [3.05, 3.63) is 58.0 Å². The van der Waals surface area contributed by atoms with Gasteiger partial charge in [-0.15, -0.1) is 0 Å². The molecule has 18 heavy (non-hydrogen) atoms. The molecule has 5 heteroatoms. The summed E-state index contributed by atoms with van der Waals surface area (Å²) in [6, 6.07) is 5.20. The van der Waals surface area contributed by atoms with Gasteiger partial charge in [-0.3, -0.25) is 0 Å². The van der Waals surface area contributed by atoms with Crippen molar-refractivity contribution in [1.82, 2.24) is 5.32 Å². The number of halogens is 3. The molecule has 1 aromatic heterocycles. The first-order valence-electron chi connectivity index (χ1n) is 5.41. The fourth-order valence-electron chi connectivity index (χ4n) is 1.82. The van der Waals surface area contributed by atoms with Gasteiger partial charge in [0.25, 0.3) is 0 Å². The van der Waals surface area contributed by atoms with Crippen molar-refractivity contribution in [2.24, 2.45) is 0 Å². The van der Waals surface area contributed by atoms with Gasteiger partial charge in [-0.25, -0.2) is 8.78 Å². The van der Waals surface area contributed by atoms with E-state index in [2.05, 4.69) is 5.32 Å². The van der Waals surface area contributed by atoms with Crippen molar-refractivity contribution in [3.8, 4) is 0 Å². The Balaban J connectivity index is 2.48. The number of benzene rings is 1. The Labute approximate surface area is 109 Å². The lowest BCUT2D eigenvalue weighted by Gasteiger charge is -2.16. The van der Waals surface area contributed by atoms with Crippen molar-refractivity contribution >= 4 is 11.6 Å². The number of hydrogen-bond donors (Lipinski definition) is 1. The van der Waals surface area contributed by atoms with Gasteiger partial charge in [0.15, 0.2) is 11.6 Å². The third-order valence-corrected chi connectivity index (χ3v) is 3.01. The second-order valence-corrected chi connectivity index (χ2v) is 4.37. The van der Waals surface area contributed by atoms with Crippen LogP contribution in [0.4, 0.5) is 8.78 Å². The predicted molar refractivity (Wildman–Crippen MR) is 65.7 cm³/mol.